The monoisotopic (exact) mass is 335 g/mol. The van der Waals surface area contributed by atoms with Crippen LogP contribution in [0.4, 0.5) is 0 Å². The molecule has 3 rings (SSSR count). The van der Waals surface area contributed by atoms with E-state index in [1.807, 2.05) is 29.8 Å². The molecule has 3 atom stereocenters. The van der Waals surface area contributed by atoms with Gasteiger partial charge in [-0.25, -0.2) is 0 Å². The summed E-state index contributed by atoms with van der Waals surface area (Å²) in [5.41, 5.74) is 6.09. The average molecular weight is 335 g/mol. The molecule has 0 radical (unpaired) electrons. The Balaban J connectivity index is 2.28. The van der Waals surface area contributed by atoms with Crippen LogP contribution in [0.5, 0.6) is 0 Å². The molecule has 24 heavy (non-hydrogen) atoms. The molecule has 0 aromatic carbocycles. The molecule has 0 saturated carbocycles. The maximum absolute atomic E-state index is 9.90. The van der Waals surface area contributed by atoms with Crippen LogP contribution >= 0.6 is 11.3 Å². The van der Waals surface area contributed by atoms with Crippen LogP contribution in [0.1, 0.15) is 17.7 Å². The number of hydrogen-bond acceptors (Lipinski definition) is 6. The minimum Gasteiger partial charge on any atom is -0.377 e. The van der Waals surface area contributed by atoms with Gasteiger partial charge in [-0.3, -0.25) is 0 Å². The molecule has 2 aliphatic rings. The molecule has 1 aliphatic carbocycles. The van der Waals surface area contributed by atoms with Crippen LogP contribution in [0.15, 0.2) is 40.9 Å². The Labute approximate surface area is 145 Å². The van der Waals surface area contributed by atoms with Crippen LogP contribution in [0.3, 0.4) is 0 Å². The fourth-order valence-electron chi connectivity index (χ4n) is 3.78. The number of fused-ring (bicyclic) bond motifs is 1. The largest absolute Gasteiger partial charge is 0.377 e. The molecule has 2 heterocycles. The zero-order chi connectivity index (χ0) is 17.3. The Hall–Kier alpha value is -2.59. The Morgan fingerprint density at radius 3 is 2.67 bits per heavy atom. The molecule has 1 aromatic rings. The Bertz CT molecular complexity index is 801. The van der Waals surface area contributed by atoms with E-state index in [2.05, 4.69) is 30.0 Å². The molecule has 1 aliphatic heterocycles. The average Bonchev–Trinajstić information content (AvgIpc) is 3.14. The molecule has 0 amide bonds. The van der Waals surface area contributed by atoms with Crippen molar-refractivity contribution in [2.45, 2.75) is 18.9 Å². The molecule has 0 bridgehead atoms. The first-order valence-corrected chi connectivity index (χ1v) is 8.68. The third-order valence-corrected chi connectivity index (χ3v) is 6.00. The van der Waals surface area contributed by atoms with E-state index < -0.39 is 11.5 Å². The first kappa shape index (κ1) is 16.3. The maximum atomic E-state index is 9.90. The minimum absolute atomic E-state index is 0.0950. The van der Waals surface area contributed by atoms with Crippen LogP contribution in [0.25, 0.3) is 0 Å². The molecule has 0 unspecified atom stereocenters. The van der Waals surface area contributed by atoms with Crippen molar-refractivity contribution in [2.24, 2.45) is 17.1 Å². The van der Waals surface area contributed by atoms with Gasteiger partial charge in [-0.2, -0.15) is 15.8 Å². The summed E-state index contributed by atoms with van der Waals surface area (Å²) < 4.78 is 0. The highest BCUT2D eigenvalue weighted by Gasteiger charge is 2.56. The normalized spacial score (nSPS) is 27.8. The van der Waals surface area contributed by atoms with Crippen molar-refractivity contribution < 1.29 is 0 Å². The second-order valence-electron chi connectivity index (χ2n) is 6.05. The maximum Gasteiger partial charge on any atom is 0.171 e. The Morgan fingerprint density at radius 2 is 2.12 bits per heavy atom. The first-order valence-electron chi connectivity index (χ1n) is 7.80. The fourth-order valence-corrected chi connectivity index (χ4v) is 4.74. The third-order valence-electron chi connectivity index (χ3n) is 5.05. The van der Waals surface area contributed by atoms with Gasteiger partial charge in [-0.1, -0.05) is 6.07 Å². The second kappa shape index (κ2) is 6.13. The van der Waals surface area contributed by atoms with Crippen LogP contribution in [0.2, 0.25) is 0 Å². The lowest BCUT2D eigenvalue weighted by Gasteiger charge is -2.46. The summed E-state index contributed by atoms with van der Waals surface area (Å²) in [7, 11) is 0. The number of nitriles is 3. The van der Waals surface area contributed by atoms with Crippen LogP contribution in [-0.4, -0.2) is 24.0 Å². The highest BCUT2D eigenvalue weighted by Crippen LogP contribution is 2.53. The van der Waals surface area contributed by atoms with Gasteiger partial charge < -0.3 is 10.6 Å². The molecule has 5 nitrogen and oxygen atoms in total. The lowest BCUT2D eigenvalue weighted by Crippen LogP contribution is -2.53. The SMILES string of the molecule is CCN1C=CC2=C(C#N)[C@H](N)C(C#N)(C#N)[C@H](c3cccs3)[C@H]2C1. The van der Waals surface area contributed by atoms with Gasteiger partial charge in [0.05, 0.1) is 29.8 Å². The van der Waals surface area contributed by atoms with Gasteiger partial charge in [-0.05, 0) is 36.2 Å². The molecule has 0 spiro atoms. The highest BCUT2D eigenvalue weighted by molar-refractivity contribution is 7.10. The molecule has 0 saturated heterocycles. The standard InChI is InChI=1S/C18H17N5S/c1-2-23-6-5-12-13(8-19)17(22)18(10-20,11-21)16(14(12)9-23)15-4-3-7-24-15/h3-7,14,16-17H,2,9,22H2,1H3/t14-,16-,17-/m0/s1. The number of hydrogen-bond donors (Lipinski definition) is 1. The summed E-state index contributed by atoms with van der Waals surface area (Å²) in [4.78, 5) is 3.11. The van der Waals surface area contributed by atoms with Crippen molar-refractivity contribution in [3.05, 3.63) is 45.8 Å². The first-order chi connectivity index (χ1) is 11.6. The lowest BCUT2D eigenvalue weighted by atomic mass is 9.57. The van der Waals surface area contributed by atoms with Crippen molar-refractivity contribution in [1.29, 1.82) is 15.8 Å². The number of rotatable bonds is 2. The molecule has 6 heteroatoms. The fraction of sp³-hybridized carbons (Fsp3) is 0.389. The number of nitrogens with two attached hydrogens (primary N) is 1. The van der Waals surface area contributed by atoms with Crippen molar-refractivity contribution in [3.8, 4) is 18.2 Å². The smallest absolute Gasteiger partial charge is 0.171 e. The van der Waals surface area contributed by atoms with Crippen molar-refractivity contribution in [3.63, 3.8) is 0 Å². The van der Waals surface area contributed by atoms with Gasteiger partial charge >= 0.3 is 0 Å². The quantitative estimate of drug-likeness (QED) is 0.895. The third kappa shape index (κ3) is 2.14. The van der Waals surface area contributed by atoms with E-state index in [4.69, 9.17) is 5.73 Å². The summed E-state index contributed by atoms with van der Waals surface area (Å²) in [5, 5.41) is 31.3. The highest BCUT2D eigenvalue weighted by atomic mass is 32.1. The van der Waals surface area contributed by atoms with E-state index in [0.717, 1.165) is 17.0 Å². The zero-order valence-electron chi connectivity index (χ0n) is 13.3. The van der Waals surface area contributed by atoms with E-state index in [1.54, 1.807) is 0 Å². The van der Waals surface area contributed by atoms with Gasteiger partial charge in [0.25, 0.3) is 0 Å². The molecule has 120 valence electrons. The van der Waals surface area contributed by atoms with Gasteiger partial charge in [0.2, 0.25) is 0 Å². The molecule has 0 fully saturated rings. The van der Waals surface area contributed by atoms with E-state index >= 15 is 0 Å². The van der Waals surface area contributed by atoms with E-state index in [-0.39, 0.29) is 11.8 Å². The summed E-state index contributed by atoms with van der Waals surface area (Å²) in [6.45, 7) is 3.56. The number of nitrogens with zero attached hydrogens (tertiary/aromatic N) is 4. The number of allylic oxidation sites excluding steroid dienone is 1. The van der Waals surface area contributed by atoms with Crippen LogP contribution < -0.4 is 5.73 Å². The molecular formula is C18H17N5S. The minimum atomic E-state index is -1.44. The second-order valence-corrected chi connectivity index (χ2v) is 7.03. The van der Waals surface area contributed by atoms with E-state index in [1.165, 1.54) is 11.3 Å². The lowest BCUT2D eigenvalue weighted by molar-refractivity contribution is 0.221. The van der Waals surface area contributed by atoms with Gasteiger partial charge in [-0.15, -0.1) is 11.3 Å². The van der Waals surface area contributed by atoms with Crippen LogP contribution in [-0.2, 0) is 0 Å². The van der Waals surface area contributed by atoms with Gasteiger partial charge in [0, 0.05) is 29.8 Å². The summed E-state index contributed by atoms with van der Waals surface area (Å²) in [6, 6.07) is 9.48. The van der Waals surface area contributed by atoms with Crippen molar-refractivity contribution in [2.75, 3.05) is 13.1 Å². The van der Waals surface area contributed by atoms with Crippen molar-refractivity contribution >= 4 is 11.3 Å². The molecule has 1 aromatic heterocycles. The van der Waals surface area contributed by atoms with E-state index in [0.29, 0.717) is 12.1 Å². The Kier molecular flexibility index (Phi) is 4.16. The number of thiophene rings is 1. The van der Waals surface area contributed by atoms with E-state index in [9.17, 15) is 15.8 Å². The zero-order valence-corrected chi connectivity index (χ0v) is 14.1. The van der Waals surface area contributed by atoms with Crippen molar-refractivity contribution in [1.82, 2.24) is 4.90 Å². The predicted octanol–water partition coefficient (Wildman–Crippen LogP) is 2.49. The summed E-state index contributed by atoms with van der Waals surface area (Å²) in [6.07, 6.45) is 3.89. The van der Waals surface area contributed by atoms with Crippen LogP contribution in [0, 0.1) is 45.3 Å². The van der Waals surface area contributed by atoms with Gasteiger partial charge in [0.15, 0.2) is 5.41 Å². The molecular weight excluding hydrogens is 318 g/mol. The van der Waals surface area contributed by atoms with Gasteiger partial charge in [0.1, 0.15) is 0 Å². The molecule has 2 N–H and O–H groups in total. The summed E-state index contributed by atoms with van der Waals surface area (Å²) >= 11 is 1.53. The summed E-state index contributed by atoms with van der Waals surface area (Å²) in [5.74, 6) is -0.434. The topological polar surface area (TPSA) is 101 Å². The predicted molar refractivity (Wildman–Crippen MR) is 91.2 cm³/mol. The Morgan fingerprint density at radius 1 is 1.38 bits per heavy atom.